The maximum Gasteiger partial charge on any atom is 0.681 e. The van der Waals surface area contributed by atoms with Crippen molar-refractivity contribution in [1.29, 1.82) is 0 Å². The molecule has 0 atom stereocenters. The molecular formula is C8H19NO5Si. The number of amides is 1. The van der Waals surface area contributed by atoms with Gasteiger partial charge in [-0.1, -0.05) is 0 Å². The first-order valence-corrected chi connectivity index (χ1v) is 6.60. The van der Waals surface area contributed by atoms with E-state index in [4.69, 9.17) is 17.7 Å². The van der Waals surface area contributed by atoms with Crippen LogP contribution in [-0.4, -0.2) is 42.0 Å². The highest BCUT2D eigenvalue weighted by Gasteiger charge is 2.44. The van der Waals surface area contributed by atoms with Crippen molar-refractivity contribution in [3.63, 3.8) is 0 Å². The van der Waals surface area contributed by atoms with E-state index in [1.807, 2.05) is 20.8 Å². The Labute approximate surface area is 91.3 Å². The fraction of sp³-hybridized carbons (Fsp3) is 0.875. The van der Waals surface area contributed by atoms with Gasteiger partial charge in [-0.3, -0.25) is 4.79 Å². The van der Waals surface area contributed by atoms with Gasteiger partial charge in [0.15, 0.2) is 0 Å². The van der Waals surface area contributed by atoms with Crippen LogP contribution in [0.4, 0.5) is 0 Å². The molecule has 0 fully saturated rings. The molecule has 1 N–H and O–H groups in total. The summed E-state index contributed by atoms with van der Waals surface area (Å²) in [6, 6.07) is 0. The van der Waals surface area contributed by atoms with E-state index >= 15 is 0 Å². The molecule has 0 aliphatic rings. The van der Waals surface area contributed by atoms with Crippen LogP contribution in [0.1, 0.15) is 20.8 Å². The van der Waals surface area contributed by atoms with Crippen LogP contribution in [0.25, 0.3) is 0 Å². The summed E-state index contributed by atoms with van der Waals surface area (Å²) in [6.45, 7) is 6.83. The van der Waals surface area contributed by atoms with Crippen LogP contribution in [0.15, 0.2) is 0 Å². The van der Waals surface area contributed by atoms with Gasteiger partial charge in [-0.2, -0.15) is 0 Å². The zero-order valence-electron chi connectivity index (χ0n) is 9.45. The van der Waals surface area contributed by atoms with Gasteiger partial charge in [-0.15, -0.1) is 0 Å². The van der Waals surface area contributed by atoms with Gasteiger partial charge in [0.1, 0.15) is 6.73 Å². The number of hydrogen-bond donors (Lipinski definition) is 1. The Bertz CT molecular complexity index is 152. The van der Waals surface area contributed by atoms with Gasteiger partial charge in [0.05, 0.1) is 0 Å². The number of hydrogen-bond acceptors (Lipinski definition) is 5. The summed E-state index contributed by atoms with van der Waals surface area (Å²) in [6.07, 6.45) is 0.545. The van der Waals surface area contributed by atoms with Gasteiger partial charge < -0.3 is 23.0 Å². The van der Waals surface area contributed by atoms with Crippen LogP contribution in [0.5, 0.6) is 0 Å². The van der Waals surface area contributed by atoms with Crippen LogP contribution in [0, 0.1) is 0 Å². The third-order valence-corrected chi connectivity index (χ3v) is 3.80. The molecule has 0 saturated heterocycles. The highest BCUT2D eigenvalue weighted by atomic mass is 28.4. The summed E-state index contributed by atoms with van der Waals surface area (Å²) in [5.74, 6) is 0. The van der Waals surface area contributed by atoms with E-state index in [-0.39, 0.29) is 6.73 Å². The van der Waals surface area contributed by atoms with Gasteiger partial charge in [-0.05, 0) is 20.8 Å². The minimum absolute atomic E-state index is 0.0235. The van der Waals surface area contributed by atoms with Crippen molar-refractivity contribution >= 4 is 15.5 Å². The molecule has 0 saturated carbocycles. The van der Waals surface area contributed by atoms with Crippen LogP contribution in [-0.2, 0) is 22.5 Å². The molecule has 0 aromatic heterocycles. The molecule has 0 aliphatic carbocycles. The molecule has 0 aromatic carbocycles. The van der Waals surface area contributed by atoms with Crippen molar-refractivity contribution in [3.05, 3.63) is 0 Å². The zero-order chi connectivity index (χ0) is 11.6. The normalized spacial score (nSPS) is 11.4. The van der Waals surface area contributed by atoms with Gasteiger partial charge in [-0.25, -0.2) is 0 Å². The van der Waals surface area contributed by atoms with Gasteiger partial charge >= 0.3 is 9.05 Å². The molecule has 0 aliphatic heterocycles. The van der Waals surface area contributed by atoms with Crippen LogP contribution >= 0.6 is 0 Å². The number of carbonyl (C=O) groups is 1. The molecular weight excluding hydrogens is 218 g/mol. The van der Waals surface area contributed by atoms with Crippen LogP contribution in [0.2, 0.25) is 0 Å². The predicted octanol–water partition coefficient (Wildman–Crippen LogP) is 0.252. The quantitative estimate of drug-likeness (QED) is 0.255. The fourth-order valence-electron chi connectivity index (χ4n) is 0.944. The second-order valence-corrected chi connectivity index (χ2v) is 4.56. The van der Waals surface area contributed by atoms with Crippen molar-refractivity contribution in [1.82, 2.24) is 5.32 Å². The molecule has 90 valence electrons. The molecule has 0 spiro atoms. The first kappa shape index (κ1) is 14.5. The first-order valence-electron chi connectivity index (χ1n) is 4.97. The Morgan fingerprint density at radius 1 is 1.00 bits per heavy atom. The topological polar surface area (TPSA) is 66.0 Å². The fourth-order valence-corrected chi connectivity index (χ4v) is 2.77. The second kappa shape index (κ2) is 8.80. The average Bonchev–Trinajstić information content (AvgIpc) is 2.19. The first-order chi connectivity index (χ1) is 7.24. The van der Waals surface area contributed by atoms with Crippen molar-refractivity contribution in [2.24, 2.45) is 0 Å². The molecule has 7 heteroatoms. The summed E-state index contributed by atoms with van der Waals surface area (Å²) in [5, 5.41) is 2.37. The average molecular weight is 237 g/mol. The maximum atomic E-state index is 10.1. The van der Waals surface area contributed by atoms with Crippen molar-refractivity contribution in [2.75, 3.05) is 26.6 Å². The second-order valence-electron chi connectivity index (χ2n) is 2.41. The third kappa shape index (κ3) is 5.85. The Hall–Kier alpha value is -0.473. The van der Waals surface area contributed by atoms with Gasteiger partial charge in [0.25, 0.3) is 0 Å². The summed E-state index contributed by atoms with van der Waals surface area (Å²) < 4.78 is 21.4. The predicted molar refractivity (Wildman–Crippen MR) is 55.8 cm³/mol. The summed E-state index contributed by atoms with van der Waals surface area (Å²) in [4.78, 5) is 10.1. The summed E-state index contributed by atoms with van der Waals surface area (Å²) in [7, 11) is -3.05. The SMILES string of the molecule is CCO[Si](OCC)(OCC)OCNC=O. The lowest BCUT2D eigenvalue weighted by molar-refractivity contribution is -0.111. The van der Waals surface area contributed by atoms with E-state index in [9.17, 15) is 4.79 Å². The maximum absolute atomic E-state index is 10.1. The van der Waals surface area contributed by atoms with Crippen molar-refractivity contribution < 1.29 is 22.5 Å². The van der Waals surface area contributed by atoms with E-state index in [0.717, 1.165) is 0 Å². The van der Waals surface area contributed by atoms with Gasteiger partial charge in [0, 0.05) is 19.8 Å². The zero-order valence-corrected chi connectivity index (χ0v) is 10.4. The Morgan fingerprint density at radius 2 is 1.47 bits per heavy atom. The monoisotopic (exact) mass is 237 g/mol. The lowest BCUT2D eigenvalue weighted by Crippen LogP contribution is -2.50. The summed E-state index contributed by atoms with van der Waals surface area (Å²) in [5.41, 5.74) is 0. The number of nitrogens with one attached hydrogen (secondary N) is 1. The smallest absolute Gasteiger partial charge is 0.351 e. The Morgan fingerprint density at radius 3 is 1.80 bits per heavy atom. The van der Waals surface area contributed by atoms with E-state index in [1.165, 1.54) is 0 Å². The van der Waals surface area contributed by atoms with Crippen molar-refractivity contribution in [3.8, 4) is 0 Å². The molecule has 0 unspecified atom stereocenters. The van der Waals surface area contributed by atoms with Crippen molar-refractivity contribution in [2.45, 2.75) is 20.8 Å². The van der Waals surface area contributed by atoms with E-state index in [0.29, 0.717) is 26.2 Å². The minimum Gasteiger partial charge on any atom is -0.351 e. The number of rotatable bonds is 10. The molecule has 1 amide bonds. The molecule has 0 bridgehead atoms. The molecule has 0 heterocycles. The highest BCUT2D eigenvalue weighted by molar-refractivity contribution is 6.53. The van der Waals surface area contributed by atoms with Gasteiger partial charge in [0.2, 0.25) is 6.41 Å². The van der Waals surface area contributed by atoms with Crippen LogP contribution in [0.3, 0.4) is 0 Å². The lowest BCUT2D eigenvalue weighted by atomic mass is 10.9. The van der Waals surface area contributed by atoms with E-state index in [2.05, 4.69) is 5.32 Å². The summed E-state index contributed by atoms with van der Waals surface area (Å²) >= 11 is 0. The largest absolute Gasteiger partial charge is 0.681 e. The molecule has 6 nitrogen and oxygen atoms in total. The van der Waals surface area contributed by atoms with E-state index in [1.54, 1.807) is 0 Å². The molecule has 0 rings (SSSR count). The van der Waals surface area contributed by atoms with E-state index < -0.39 is 9.05 Å². The number of carbonyl (C=O) groups excluding carboxylic acids is 1. The molecule has 0 radical (unpaired) electrons. The Kier molecular flexibility index (Phi) is 8.53. The van der Waals surface area contributed by atoms with Crippen LogP contribution < -0.4 is 5.32 Å². The Balaban J connectivity index is 4.24. The molecule has 15 heavy (non-hydrogen) atoms. The molecule has 0 aromatic rings. The highest BCUT2D eigenvalue weighted by Crippen LogP contribution is 2.10. The minimum atomic E-state index is -3.05. The standard InChI is InChI=1S/C8H19NO5Si/c1-4-11-15(12-5-2,13-6-3)14-8-9-7-10/h7H,4-6,8H2,1-3H3,(H,9,10). The lowest BCUT2D eigenvalue weighted by Gasteiger charge is -2.26. The third-order valence-electron chi connectivity index (χ3n) is 1.38.